The molecule has 0 saturated heterocycles. The molecule has 0 atom stereocenters. The van der Waals surface area contributed by atoms with Crippen molar-refractivity contribution in [3.05, 3.63) is 27.7 Å². The molecule has 0 radical (unpaired) electrons. The molecular formula is C11H12INO. The van der Waals surface area contributed by atoms with E-state index in [2.05, 4.69) is 60.5 Å². The molecule has 0 bridgehead atoms. The highest BCUT2D eigenvalue weighted by molar-refractivity contribution is 14.1. The Morgan fingerprint density at radius 3 is 2.64 bits per heavy atom. The lowest BCUT2D eigenvalue weighted by molar-refractivity contribution is 0.559. The molecule has 0 saturated carbocycles. The molecule has 0 spiro atoms. The standard InChI is InChI=1S/C11H12INO/c1-11(2,3)7-4-5-8-9(6-7)14-10(12)13-8/h4-6H,1-3H3. The Morgan fingerprint density at radius 2 is 2.00 bits per heavy atom. The van der Waals surface area contributed by atoms with E-state index in [0.717, 1.165) is 11.1 Å². The monoisotopic (exact) mass is 301 g/mol. The van der Waals surface area contributed by atoms with Gasteiger partial charge in [-0.1, -0.05) is 26.8 Å². The molecule has 0 aliphatic carbocycles. The minimum atomic E-state index is 0.159. The first-order chi connectivity index (χ1) is 6.47. The van der Waals surface area contributed by atoms with Crippen molar-refractivity contribution in [3.63, 3.8) is 0 Å². The molecule has 0 fully saturated rings. The summed E-state index contributed by atoms with van der Waals surface area (Å²) in [4.78, 5) is 4.26. The van der Waals surface area contributed by atoms with Crippen molar-refractivity contribution in [1.82, 2.24) is 4.98 Å². The lowest BCUT2D eigenvalue weighted by Crippen LogP contribution is -2.10. The van der Waals surface area contributed by atoms with Gasteiger partial charge in [0.1, 0.15) is 5.52 Å². The van der Waals surface area contributed by atoms with Crippen LogP contribution in [0.2, 0.25) is 0 Å². The van der Waals surface area contributed by atoms with Crippen molar-refractivity contribution in [1.29, 1.82) is 0 Å². The normalized spacial score (nSPS) is 12.3. The SMILES string of the molecule is CC(C)(C)c1ccc2nc(I)oc2c1. The first-order valence-electron chi connectivity index (χ1n) is 4.53. The topological polar surface area (TPSA) is 26.0 Å². The Morgan fingerprint density at radius 1 is 1.29 bits per heavy atom. The predicted octanol–water partition coefficient (Wildman–Crippen LogP) is 3.73. The molecule has 14 heavy (non-hydrogen) atoms. The number of hydrogen-bond donors (Lipinski definition) is 0. The summed E-state index contributed by atoms with van der Waals surface area (Å²) >= 11 is 2.09. The molecule has 74 valence electrons. The Balaban J connectivity index is 2.62. The van der Waals surface area contributed by atoms with Crippen LogP contribution in [0.3, 0.4) is 0 Å². The predicted molar refractivity (Wildman–Crippen MR) is 65.4 cm³/mol. The molecular weight excluding hydrogens is 289 g/mol. The lowest BCUT2D eigenvalue weighted by atomic mass is 9.87. The second-order valence-electron chi connectivity index (χ2n) is 4.40. The molecule has 0 unspecified atom stereocenters. The maximum atomic E-state index is 5.48. The molecule has 1 aromatic carbocycles. The van der Waals surface area contributed by atoms with Gasteiger partial charge in [-0.25, -0.2) is 4.98 Å². The summed E-state index contributed by atoms with van der Waals surface area (Å²) in [6.45, 7) is 6.57. The zero-order valence-electron chi connectivity index (χ0n) is 8.47. The number of oxazole rings is 1. The Bertz CT molecular complexity index is 468. The highest BCUT2D eigenvalue weighted by atomic mass is 127. The summed E-state index contributed by atoms with van der Waals surface area (Å²) in [6.07, 6.45) is 0. The van der Waals surface area contributed by atoms with Gasteiger partial charge in [-0.3, -0.25) is 0 Å². The Kier molecular flexibility index (Phi) is 2.29. The van der Waals surface area contributed by atoms with E-state index in [0.29, 0.717) is 3.90 Å². The third-order valence-corrected chi connectivity index (χ3v) is 2.69. The summed E-state index contributed by atoms with van der Waals surface area (Å²) in [5.41, 5.74) is 3.24. The molecule has 1 aromatic heterocycles. The van der Waals surface area contributed by atoms with E-state index in [-0.39, 0.29) is 5.41 Å². The summed E-state index contributed by atoms with van der Waals surface area (Å²) in [7, 11) is 0. The van der Waals surface area contributed by atoms with E-state index in [1.165, 1.54) is 5.56 Å². The number of rotatable bonds is 0. The van der Waals surface area contributed by atoms with Crippen molar-refractivity contribution in [2.75, 3.05) is 0 Å². The van der Waals surface area contributed by atoms with Gasteiger partial charge in [-0.2, -0.15) is 0 Å². The molecule has 1 heterocycles. The van der Waals surface area contributed by atoms with Crippen LogP contribution >= 0.6 is 22.6 Å². The van der Waals surface area contributed by atoms with Crippen molar-refractivity contribution < 1.29 is 4.42 Å². The second kappa shape index (κ2) is 3.22. The van der Waals surface area contributed by atoms with Crippen LogP contribution in [0.1, 0.15) is 26.3 Å². The van der Waals surface area contributed by atoms with Crippen LogP contribution < -0.4 is 0 Å². The Labute approximate surface area is 96.8 Å². The number of hydrogen-bond acceptors (Lipinski definition) is 2. The maximum absolute atomic E-state index is 5.48. The van der Waals surface area contributed by atoms with Crippen LogP contribution in [-0.4, -0.2) is 4.98 Å². The van der Waals surface area contributed by atoms with E-state index in [4.69, 9.17) is 4.42 Å². The molecule has 2 aromatic rings. The highest BCUT2D eigenvalue weighted by Crippen LogP contribution is 2.26. The smallest absolute Gasteiger partial charge is 0.258 e. The van der Waals surface area contributed by atoms with Crippen molar-refractivity contribution in [2.24, 2.45) is 0 Å². The fourth-order valence-electron chi connectivity index (χ4n) is 1.36. The van der Waals surface area contributed by atoms with E-state index in [9.17, 15) is 0 Å². The van der Waals surface area contributed by atoms with E-state index in [1.54, 1.807) is 0 Å². The third kappa shape index (κ3) is 1.78. The first kappa shape index (κ1) is 9.96. The zero-order chi connectivity index (χ0) is 10.3. The van der Waals surface area contributed by atoms with E-state index >= 15 is 0 Å². The molecule has 0 amide bonds. The Hall–Kier alpha value is -0.580. The first-order valence-corrected chi connectivity index (χ1v) is 5.61. The van der Waals surface area contributed by atoms with Crippen LogP contribution in [0.25, 0.3) is 11.1 Å². The molecule has 0 aliphatic rings. The van der Waals surface area contributed by atoms with Gasteiger partial charge in [0.2, 0.25) is 0 Å². The van der Waals surface area contributed by atoms with Gasteiger partial charge < -0.3 is 4.42 Å². The number of fused-ring (bicyclic) bond motifs is 1. The third-order valence-electron chi connectivity index (χ3n) is 2.23. The average molecular weight is 301 g/mol. The van der Waals surface area contributed by atoms with Crippen molar-refractivity contribution in [2.45, 2.75) is 26.2 Å². The summed E-state index contributed by atoms with van der Waals surface area (Å²) in [5, 5.41) is 0. The van der Waals surface area contributed by atoms with Gasteiger partial charge in [0, 0.05) is 22.6 Å². The number of benzene rings is 1. The summed E-state index contributed by atoms with van der Waals surface area (Å²) in [6, 6.07) is 6.20. The fraction of sp³-hybridized carbons (Fsp3) is 0.364. The number of halogens is 1. The van der Waals surface area contributed by atoms with Crippen LogP contribution in [0.4, 0.5) is 0 Å². The van der Waals surface area contributed by atoms with E-state index in [1.807, 2.05) is 6.07 Å². The van der Waals surface area contributed by atoms with Gasteiger partial charge in [-0.05, 0) is 23.1 Å². The quantitative estimate of drug-likeness (QED) is 0.693. The highest BCUT2D eigenvalue weighted by Gasteiger charge is 2.15. The van der Waals surface area contributed by atoms with Gasteiger partial charge in [0.25, 0.3) is 3.90 Å². The minimum absolute atomic E-state index is 0.159. The summed E-state index contributed by atoms with van der Waals surface area (Å²) in [5.74, 6) is 0. The van der Waals surface area contributed by atoms with Gasteiger partial charge in [0.15, 0.2) is 5.58 Å². The van der Waals surface area contributed by atoms with Gasteiger partial charge in [-0.15, -0.1) is 0 Å². The van der Waals surface area contributed by atoms with Crippen LogP contribution in [0, 0.1) is 3.90 Å². The largest absolute Gasteiger partial charge is 0.432 e. The molecule has 2 nitrogen and oxygen atoms in total. The molecule has 3 heteroatoms. The van der Waals surface area contributed by atoms with E-state index < -0.39 is 0 Å². The van der Waals surface area contributed by atoms with Crippen LogP contribution in [-0.2, 0) is 5.41 Å². The summed E-state index contributed by atoms with van der Waals surface area (Å²) < 4.78 is 6.18. The second-order valence-corrected chi connectivity index (χ2v) is 5.32. The lowest BCUT2D eigenvalue weighted by Gasteiger charge is -2.18. The zero-order valence-corrected chi connectivity index (χ0v) is 10.6. The van der Waals surface area contributed by atoms with Crippen LogP contribution in [0.15, 0.2) is 22.6 Å². The molecule has 2 rings (SSSR count). The number of nitrogens with zero attached hydrogens (tertiary/aromatic N) is 1. The molecule has 0 aliphatic heterocycles. The maximum Gasteiger partial charge on any atom is 0.258 e. The van der Waals surface area contributed by atoms with Crippen molar-refractivity contribution in [3.8, 4) is 0 Å². The van der Waals surface area contributed by atoms with Gasteiger partial charge in [0.05, 0.1) is 0 Å². The van der Waals surface area contributed by atoms with Crippen molar-refractivity contribution >= 4 is 33.7 Å². The minimum Gasteiger partial charge on any atom is -0.432 e. The van der Waals surface area contributed by atoms with Gasteiger partial charge >= 0.3 is 0 Å². The average Bonchev–Trinajstić information content (AvgIpc) is 2.41. The fourth-order valence-corrected chi connectivity index (χ4v) is 1.86. The number of aromatic nitrogens is 1. The molecule has 0 N–H and O–H groups in total. The van der Waals surface area contributed by atoms with Crippen LogP contribution in [0.5, 0.6) is 0 Å².